The van der Waals surface area contributed by atoms with Gasteiger partial charge in [-0.2, -0.15) is 0 Å². The first-order valence-electron chi connectivity index (χ1n) is 7.14. The van der Waals surface area contributed by atoms with E-state index in [0.717, 1.165) is 23.6 Å². The van der Waals surface area contributed by atoms with E-state index in [4.69, 9.17) is 15.2 Å². The minimum atomic E-state index is -0.953. The number of hydrogen-bond acceptors (Lipinski definition) is 7. The van der Waals surface area contributed by atoms with Gasteiger partial charge < -0.3 is 15.2 Å². The van der Waals surface area contributed by atoms with E-state index >= 15 is 0 Å². The lowest BCUT2D eigenvalue weighted by molar-refractivity contribution is -0.134. The number of amides is 5. The molecule has 0 spiro atoms. The number of carbonyl (C=O) groups is 5. The third-order valence-corrected chi connectivity index (χ3v) is 3.22. The predicted molar refractivity (Wildman–Crippen MR) is 81.8 cm³/mol. The fourth-order valence-corrected chi connectivity index (χ4v) is 2.20. The molecule has 1 aliphatic rings. The molecule has 1 saturated heterocycles. The molecule has 1 aromatic carbocycles. The number of esters is 2. The molecular weight excluding hydrogens is 334 g/mol. The normalized spacial score (nSPS) is 13.6. The Morgan fingerprint density at radius 2 is 1.52 bits per heavy atom. The second-order valence-corrected chi connectivity index (χ2v) is 5.08. The number of ether oxygens (including phenoxy) is 2. The van der Waals surface area contributed by atoms with Gasteiger partial charge in [-0.3, -0.25) is 19.3 Å². The molecule has 0 aliphatic carbocycles. The molecule has 2 N–H and O–H groups in total. The maximum Gasteiger partial charge on any atom is 0.335 e. The Kier molecular flexibility index (Phi) is 5.01. The average molecular weight is 349 g/mol. The fourth-order valence-electron chi connectivity index (χ4n) is 2.20. The zero-order valence-electron chi connectivity index (χ0n) is 13.5. The third kappa shape index (κ3) is 3.91. The lowest BCUT2D eigenvalue weighted by Gasteiger charge is -2.16. The van der Waals surface area contributed by atoms with Crippen LogP contribution in [0.2, 0.25) is 0 Å². The first-order valence-corrected chi connectivity index (χ1v) is 7.14. The van der Waals surface area contributed by atoms with E-state index in [0.29, 0.717) is 0 Å². The number of carbonyl (C=O) groups excluding carboxylic acids is 5. The summed E-state index contributed by atoms with van der Waals surface area (Å²) in [6, 6.07) is 1.94. The third-order valence-electron chi connectivity index (χ3n) is 3.22. The molecule has 0 unspecified atom stereocenters. The van der Waals surface area contributed by atoms with Gasteiger partial charge in [-0.1, -0.05) is 0 Å². The van der Waals surface area contributed by atoms with Gasteiger partial charge in [-0.15, -0.1) is 0 Å². The summed E-state index contributed by atoms with van der Waals surface area (Å²) in [5.41, 5.74) is 5.06. The van der Waals surface area contributed by atoms with E-state index < -0.39 is 29.9 Å². The molecule has 0 saturated carbocycles. The van der Waals surface area contributed by atoms with E-state index in [1.807, 2.05) is 0 Å². The van der Waals surface area contributed by atoms with E-state index in [1.54, 1.807) is 0 Å². The highest BCUT2D eigenvalue weighted by atomic mass is 16.6. The van der Waals surface area contributed by atoms with Crippen molar-refractivity contribution in [1.82, 2.24) is 9.80 Å². The molecule has 2 rings (SSSR count). The van der Waals surface area contributed by atoms with Crippen molar-refractivity contribution >= 4 is 29.9 Å². The van der Waals surface area contributed by atoms with Gasteiger partial charge in [0, 0.05) is 26.0 Å². The van der Waals surface area contributed by atoms with Crippen molar-refractivity contribution in [3.8, 4) is 11.5 Å². The Bertz CT molecular complexity index is 774. The number of hydrogen-bond donors (Lipinski definition) is 1. The summed E-state index contributed by atoms with van der Waals surface area (Å²) in [6.45, 7) is 2.27. The van der Waals surface area contributed by atoms with Crippen molar-refractivity contribution in [3.63, 3.8) is 0 Å². The van der Waals surface area contributed by atoms with Gasteiger partial charge in [0.1, 0.15) is 0 Å². The summed E-state index contributed by atoms with van der Waals surface area (Å²) < 4.78 is 9.83. The lowest BCUT2D eigenvalue weighted by Crippen LogP contribution is -2.41. The molecule has 10 heteroatoms. The molecule has 0 bridgehead atoms. The molecule has 0 atom stereocenters. The zero-order valence-corrected chi connectivity index (χ0v) is 13.5. The summed E-state index contributed by atoms with van der Waals surface area (Å²) in [5, 5.41) is 0. The number of nitrogens with two attached hydrogens (primary N) is 1. The molecule has 10 nitrogen and oxygen atoms in total. The minimum absolute atomic E-state index is 0.00632. The molecule has 132 valence electrons. The zero-order chi connectivity index (χ0) is 18.7. The van der Waals surface area contributed by atoms with Gasteiger partial charge in [0.05, 0.1) is 6.54 Å². The summed E-state index contributed by atoms with van der Waals surface area (Å²) in [6.07, 6.45) is 0. The van der Waals surface area contributed by atoms with Gasteiger partial charge in [0.15, 0.2) is 11.5 Å². The Morgan fingerprint density at radius 3 is 2.04 bits per heavy atom. The minimum Gasteiger partial charge on any atom is -0.423 e. The Hall–Kier alpha value is -3.43. The first kappa shape index (κ1) is 17.9. The Balaban J connectivity index is 2.31. The molecule has 25 heavy (non-hydrogen) atoms. The maximum atomic E-state index is 12.5. The molecule has 1 heterocycles. The van der Waals surface area contributed by atoms with Gasteiger partial charge >= 0.3 is 24.0 Å². The van der Waals surface area contributed by atoms with Gasteiger partial charge in [-0.25, -0.2) is 14.5 Å². The number of imide groups is 2. The Morgan fingerprint density at radius 1 is 0.960 bits per heavy atom. The number of nitrogens with zero attached hydrogens (tertiary/aromatic N) is 2. The van der Waals surface area contributed by atoms with Crippen molar-refractivity contribution in [1.29, 1.82) is 0 Å². The summed E-state index contributed by atoms with van der Waals surface area (Å²) >= 11 is 0. The predicted octanol–water partition coefficient (Wildman–Crippen LogP) is 0.494. The summed E-state index contributed by atoms with van der Waals surface area (Å²) in [4.78, 5) is 59.5. The quantitative estimate of drug-likeness (QED) is 0.619. The molecule has 1 aromatic rings. The second kappa shape index (κ2) is 6.99. The SMILES string of the molecule is CC(=O)Oc1ccc(C(=O)N2CCN(C(N)=O)C2=O)cc1OC(C)=O. The van der Waals surface area contributed by atoms with Crippen molar-refractivity contribution in [2.24, 2.45) is 5.73 Å². The van der Waals surface area contributed by atoms with Crippen LogP contribution >= 0.6 is 0 Å². The standard InChI is InChI=1S/C15H15N3O7/c1-8(19)24-11-4-3-10(7-12(11)25-9(2)20)13(21)17-5-6-18(14(16)22)15(17)23/h3-4,7H,5-6H2,1-2H3,(H2,16,22). The first-order chi connectivity index (χ1) is 11.7. The van der Waals surface area contributed by atoms with Crippen LogP contribution in [0.25, 0.3) is 0 Å². The topological polar surface area (TPSA) is 136 Å². The number of rotatable bonds is 3. The van der Waals surface area contributed by atoms with Crippen LogP contribution in [0.4, 0.5) is 9.59 Å². The Labute approximate surface area is 142 Å². The highest BCUT2D eigenvalue weighted by molar-refractivity contribution is 6.09. The molecule has 0 radical (unpaired) electrons. The van der Waals surface area contributed by atoms with Gasteiger partial charge in [-0.05, 0) is 18.2 Å². The maximum absolute atomic E-state index is 12.5. The molecule has 1 fully saturated rings. The molecule has 1 aliphatic heterocycles. The number of urea groups is 2. The molecular formula is C15H15N3O7. The lowest BCUT2D eigenvalue weighted by atomic mass is 10.1. The molecule has 5 amide bonds. The van der Waals surface area contributed by atoms with Crippen LogP contribution in [0.15, 0.2) is 18.2 Å². The van der Waals surface area contributed by atoms with Crippen LogP contribution in [-0.4, -0.2) is 52.8 Å². The van der Waals surface area contributed by atoms with Crippen molar-refractivity contribution in [2.45, 2.75) is 13.8 Å². The second-order valence-electron chi connectivity index (χ2n) is 5.08. The van der Waals surface area contributed by atoms with Crippen molar-refractivity contribution in [3.05, 3.63) is 23.8 Å². The van der Waals surface area contributed by atoms with Crippen LogP contribution < -0.4 is 15.2 Å². The average Bonchev–Trinajstić information content (AvgIpc) is 2.89. The monoisotopic (exact) mass is 349 g/mol. The van der Waals surface area contributed by atoms with E-state index in [-0.39, 0.29) is 30.2 Å². The number of benzene rings is 1. The van der Waals surface area contributed by atoms with Gasteiger partial charge in [0.2, 0.25) is 0 Å². The smallest absolute Gasteiger partial charge is 0.335 e. The highest BCUT2D eigenvalue weighted by Gasteiger charge is 2.36. The van der Waals surface area contributed by atoms with Crippen LogP contribution in [0, 0.1) is 0 Å². The van der Waals surface area contributed by atoms with E-state index in [1.165, 1.54) is 18.2 Å². The van der Waals surface area contributed by atoms with E-state index in [2.05, 4.69) is 0 Å². The van der Waals surface area contributed by atoms with Crippen LogP contribution in [0.3, 0.4) is 0 Å². The van der Waals surface area contributed by atoms with Gasteiger partial charge in [0.25, 0.3) is 5.91 Å². The fraction of sp³-hybridized carbons (Fsp3) is 0.267. The largest absolute Gasteiger partial charge is 0.423 e. The highest BCUT2D eigenvalue weighted by Crippen LogP contribution is 2.29. The van der Waals surface area contributed by atoms with Crippen LogP contribution in [-0.2, 0) is 9.59 Å². The summed E-state index contributed by atoms with van der Waals surface area (Å²) in [5.74, 6) is -2.23. The van der Waals surface area contributed by atoms with Crippen molar-refractivity contribution < 1.29 is 33.4 Å². The summed E-state index contributed by atoms with van der Waals surface area (Å²) in [7, 11) is 0. The molecule has 0 aromatic heterocycles. The van der Waals surface area contributed by atoms with Crippen molar-refractivity contribution in [2.75, 3.05) is 13.1 Å². The van der Waals surface area contributed by atoms with Crippen LogP contribution in [0.1, 0.15) is 24.2 Å². The number of primary amides is 1. The van der Waals surface area contributed by atoms with E-state index in [9.17, 15) is 24.0 Å². The van der Waals surface area contributed by atoms with Crippen LogP contribution in [0.5, 0.6) is 11.5 Å².